The number of hydrogen-bond acceptors (Lipinski definition) is 3. The SMILES string of the molecule is CCN(C)S(=O)(=O)c1ccc(F)c(CNC)c1F. The highest BCUT2D eigenvalue weighted by atomic mass is 32.2. The molecule has 0 aliphatic rings. The minimum absolute atomic E-state index is 0.0726. The Kier molecular flexibility index (Phi) is 4.78. The van der Waals surface area contributed by atoms with Gasteiger partial charge in [0.25, 0.3) is 0 Å². The first kappa shape index (κ1) is 15.0. The van der Waals surface area contributed by atoms with E-state index in [-0.39, 0.29) is 18.7 Å². The summed E-state index contributed by atoms with van der Waals surface area (Å²) >= 11 is 0. The molecule has 0 aliphatic heterocycles. The third-order valence-corrected chi connectivity index (χ3v) is 4.59. The molecule has 18 heavy (non-hydrogen) atoms. The molecule has 0 unspecified atom stereocenters. The number of hydrogen-bond donors (Lipinski definition) is 1. The maximum atomic E-state index is 14.0. The lowest BCUT2D eigenvalue weighted by atomic mass is 10.2. The van der Waals surface area contributed by atoms with Crippen LogP contribution in [0, 0.1) is 11.6 Å². The van der Waals surface area contributed by atoms with E-state index in [0.29, 0.717) is 0 Å². The second kappa shape index (κ2) is 5.73. The molecule has 7 heteroatoms. The van der Waals surface area contributed by atoms with Crippen molar-refractivity contribution in [3.8, 4) is 0 Å². The van der Waals surface area contributed by atoms with Gasteiger partial charge >= 0.3 is 0 Å². The third-order valence-electron chi connectivity index (χ3n) is 2.64. The van der Waals surface area contributed by atoms with Crippen LogP contribution >= 0.6 is 0 Å². The topological polar surface area (TPSA) is 49.4 Å². The molecule has 102 valence electrons. The summed E-state index contributed by atoms with van der Waals surface area (Å²) in [4.78, 5) is -0.501. The van der Waals surface area contributed by atoms with Crippen LogP contribution in [0.3, 0.4) is 0 Å². The third kappa shape index (κ3) is 2.68. The molecule has 0 aromatic heterocycles. The van der Waals surface area contributed by atoms with Gasteiger partial charge in [0.05, 0.1) is 0 Å². The average molecular weight is 278 g/mol. The molecule has 0 bridgehead atoms. The summed E-state index contributed by atoms with van der Waals surface area (Å²) < 4.78 is 52.4. The summed E-state index contributed by atoms with van der Waals surface area (Å²) in [5, 5.41) is 2.60. The predicted molar refractivity (Wildman–Crippen MR) is 64.6 cm³/mol. The van der Waals surface area contributed by atoms with Gasteiger partial charge in [-0.3, -0.25) is 0 Å². The fourth-order valence-electron chi connectivity index (χ4n) is 1.45. The summed E-state index contributed by atoms with van der Waals surface area (Å²) in [5.74, 6) is -1.80. The fraction of sp³-hybridized carbons (Fsp3) is 0.455. The lowest BCUT2D eigenvalue weighted by molar-refractivity contribution is 0.471. The van der Waals surface area contributed by atoms with Crippen molar-refractivity contribution < 1.29 is 17.2 Å². The summed E-state index contributed by atoms with van der Waals surface area (Å²) in [7, 11) is -1.04. The molecule has 0 amide bonds. The minimum Gasteiger partial charge on any atom is -0.315 e. The molecule has 1 N–H and O–H groups in total. The van der Waals surface area contributed by atoms with Crippen molar-refractivity contribution in [3.05, 3.63) is 29.3 Å². The number of sulfonamides is 1. The smallest absolute Gasteiger partial charge is 0.245 e. The molecule has 0 saturated carbocycles. The standard InChI is InChI=1S/C11H16F2N2O2S/c1-4-15(3)18(16,17)10-6-5-9(12)8(7-14-2)11(10)13/h5-6,14H,4,7H2,1-3H3. The van der Waals surface area contributed by atoms with Crippen molar-refractivity contribution in [3.63, 3.8) is 0 Å². The largest absolute Gasteiger partial charge is 0.315 e. The van der Waals surface area contributed by atoms with E-state index in [2.05, 4.69) is 5.32 Å². The Labute approximate surface area is 106 Å². The Morgan fingerprint density at radius 3 is 2.44 bits per heavy atom. The number of benzene rings is 1. The second-order valence-electron chi connectivity index (χ2n) is 3.79. The highest BCUT2D eigenvalue weighted by Gasteiger charge is 2.26. The molecule has 0 radical (unpaired) electrons. The molecular weight excluding hydrogens is 262 g/mol. The second-order valence-corrected chi connectivity index (χ2v) is 5.80. The molecule has 0 heterocycles. The molecule has 1 aromatic carbocycles. The molecule has 0 fully saturated rings. The van der Waals surface area contributed by atoms with Crippen LogP contribution in [0.15, 0.2) is 17.0 Å². The maximum absolute atomic E-state index is 14.0. The van der Waals surface area contributed by atoms with Gasteiger partial charge in [-0.2, -0.15) is 0 Å². The highest BCUT2D eigenvalue weighted by molar-refractivity contribution is 7.89. The van der Waals surface area contributed by atoms with Crippen molar-refractivity contribution in [2.45, 2.75) is 18.4 Å². The lowest BCUT2D eigenvalue weighted by Gasteiger charge is -2.16. The van der Waals surface area contributed by atoms with E-state index in [1.54, 1.807) is 6.92 Å². The van der Waals surface area contributed by atoms with E-state index in [1.807, 2.05) is 0 Å². The Balaban J connectivity index is 3.40. The summed E-state index contributed by atoms with van der Waals surface area (Å²) in [6, 6.07) is 1.91. The fourth-order valence-corrected chi connectivity index (χ4v) is 2.72. The van der Waals surface area contributed by atoms with Gasteiger partial charge in [0.1, 0.15) is 10.7 Å². The zero-order valence-corrected chi connectivity index (χ0v) is 11.3. The van der Waals surface area contributed by atoms with Gasteiger partial charge in [-0.25, -0.2) is 21.5 Å². The Bertz CT molecular complexity index is 532. The van der Waals surface area contributed by atoms with Crippen molar-refractivity contribution in [2.75, 3.05) is 20.6 Å². The van der Waals surface area contributed by atoms with Gasteiger partial charge in [0.2, 0.25) is 10.0 Å². The monoisotopic (exact) mass is 278 g/mol. The van der Waals surface area contributed by atoms with Crippen LogP contribution in [0.2, 0.25) is 0 Å². The predicted octanol–water partition coefficient (Wildman–Crippen LogP) is 1.32. The first-order valence-electron chi connectivity index (χ1n) is 5.44. The molecule has 0 saturated heterocycles. The maximum Gasteiger partial charge on any atom is 0.245 e. The van der Waals surface area contributed by atoms with Crippen molar-refractivity contribution in [1.29, 1.82) is 0 Å². The van der Waals surface area contributed by atoms with Crippen LogP contribution in [0.4, 0.5) is 8.78 Å². The van der Waals surface area contributed by atoms with Crippen molar-refractivity contribution >= 4 is 10.0 Å². The average Bonchev–Trinajstić information content (AvgIpc) is 2.32. The van der Waals surface area contributed by atoms with Crippen molar-refractivity contribution in [2.24, 2.45) is 0 Å². The highest BCUT2D eigenvalue weighted by Crippen LogP contribution is 2.23. The molecule has 4 nitrogen and oxygen atoms in total. The van der Waals surface area contributed by atoms with E-state index < -0.39 is 26.6 Å². The van der Waals surface area contributed by atoms with E-state index in [0.717, 1.165) is 16.4 Å². The quantitative estimate of drug-likeness (QED) is 0.884. The van der Waals surface area contributed by atoms with E-state index in [4.69, 9.17) is 0 Å². The summed E-state index contributed by atoms with van der Waals surface area (Å²) in [6.07, 6.45) is 0. The summed E-state index contributed by atoms with van der Waals surface area (Å²) in [5.41, 5.74) is -0.275. The normalized spacial score (nSPS) is 12.1. The van der Waals surface area contributed by atoms with Crippen LogP contribution in [-0.4, -0.2) is 33.4 Å². The molecular formula is C11H16F2N2O2S. The zero-order valence-electron chi connectivity index (χ0n) is 10.5. The number of nitrogens with zero attached hydrogens (tertiary/aromatic N) is 1. The summed E-state index contributed by atoms with van der Waals surface area (Å²) in [6.45, 7) is 1.77. The van der Waals surface area contributed by atoms with Gasteiger partial charge in [-0.1, -0.05) is 6.92 Å². The van der Waals surface area contributed by atoms with Gasteiger partial charge in [-0.15, -0.1) is 0 Å². The Hall–Kier alpha value is -1.05. The van der Waals surface area contributed by atoms with Gasteiger partial charge in [0, 0.05) is 25.7 Å². The first-order chi connectivity index (χ1) is 8.36. The van der Waals surface area contributed by atoms with Gasteiger partial charge in [0.15, 0.2) is 5.82 Å². The molecule has 1 aromatic rings. The van der Waals surface area contributed by atoms with E-state index in [9.17, 15) is 17.2 Å². The van der Waals surface area contributed by atoms with Gasteiger partial charge < -0.3 is 5.32 Å². The zero-order chi connectivity index (χ0) is 13.9. The molecule has 0 aliphatic carbocycles. The van der Waals surface area contributed by atoms with Crippen LogP contribution < -0.4 is 5.32 Å². The van der Waals surface area contributed by atoms with Crippen molar-refractivity contribution in [1.82, 2.24) is 9.62 Å². The lowest BCUT2D eigenvalue weighted by Crippen LogP contribution is -2.28. The van der Waals surface area contributed by atoms with Crippen LogP contribution in [0.1, 0.15) is 12.5 Å². The molecule has 0 spiro atoms. The van der Waals surface area contributed by atoms with Gasteiger partial charge in [-0.05, 0) is 19.2 Å². The number of halogens is 2. The van der Waals surface area contributed by atoms with E-state index in [1.165, 1.54) is 14.1 Å². The first-order valence-corrected chi connectivity index (χ1v) is 6.88. The van der Waals surface area contributed by atoms with E-state index >= 15 is 0 Å². The van der Waals surface area contributed by atoms with Crippen LogP contribution in [-0.2, 0) is 16.6 Å². The van der Waals surface area contributed by atoms with Crippen LogP contribution in [0.25, 0.3) is 0 Å². The molecule has 1 rings (SSSR count). The Morgan fingerprint density at radius 2 is 1.94 bits per heavy atom. The molecule has 0 atom stereocenters. The van der Waals surface area contributed by atoms with Crippen LogP contribution in [0.5, 0.6) is 0 Å². The minimum atomic E-state index is -3.91. The Morgan fingerprint density at radius 1 is 1.33 bits per heavy atom. The number of nitrogens with one attached hydrogen (secondary N) is 1. The number of rotatable bonds is 5.